The van der Waals surface area contributed by atoms with Gasteiger partial charge in [-0.15, -0.1) is 0 Å². The number of aliphatic carboxylic acids is 1. The van der Waals surface area contributed by atoms with Gasteiger partial charge in [0.25, 0.3) is 11.8 Å². The molecule has 1 aliphatic heterocycles. The number of imide groups is 2. The molecule has 3 aromatic rings. The molecule has 9 heteroatoms. The van der Waals surface area contributed by atoms with Gasteiger partial charge in [-0.2, -0.15) is 0 Å². The third kappa shape index (κ3) is 5.72. The maximum absolute atomic E-state index is 13.0. The minimum absolute atomic E-state index is 0.229. The number of benzene rings is 3. The number of rotatable bonds is 8. The van der Waals surface area contributed by atoms with Crippen molar-refractivity contribution in [3.63, 3.8) is 0 Å². The van der Waals surface area contributed by atoms with Crippen LogP contribution in [0.25, 0.3) is 6.08 Å². The highest BCUT2D eigenvalue weighted by molar-refractivity contribution is 6.39. The lowest BCUT2D eigenvalue weighted by atomic mass is 10.1. The molecule has 0 saturated carbocycles. The molecule has 0 bridgehead atoms. The molecule has 4 amide bonds. The van der Waals surface area contributed by atoms with Crippen LogP contribution in [-0.4, -0.2) is 35.5 Å². The van der Waals surface area contributed by atoms with Crippen LogP contribution in [-0.2, 0) is 21.0 Å². The van der Waals surface area contributed by atoms with E-state index in [1.54, 1.807) is 36.4 Å². The number of ether oxygens (including phenoxy) is 2. The second-order valence-corrected chi connectivity index (χ2v) is 7.48. The molecular weight excluding hydrogens is 452 g/mol. The molecule has 1 fully saturated rings. The third-order valence-corrected chi connectivity index (χ3v) is 5.00. The molecule has 1 aliphatic rings. The van der Waals surface area contributed by atoms with Gasteiger partial charge in [0.15, 0.2) is 6.61 Å². The summed E-state index contributed by atoms with van der Waals surface area (Å²) in [6.07, 6.45) is 1.34. The zero-order valence-corrected chi connectivity index (χ0v) is 18.3. The van der Waals surface area contributed by atoms with E-state index in [0.717, 1.165) is 10.5 Å². The summed E-state index contributed by atoms with van der Waals surface area (Å²) in [5.74, 6) is -1.82. The van der Waals surface area contributed by atoms with Crippen molar-refractivity contribution in [2.45, 2.75) is 6.61 Å². The summed E-state index contributed by atoms with van der Waals surface area (Å²) in [7, 11) is 0. The fraction of sp³-hybridized carbons (Fsp3) is 0.0769. The Hall–Kier alpha value is -4.92. The molecule has 0 spiro atoms. The van der Waals surface area contributed by atoms with Gasteiger partial charge >= 0.3 is 12.0 Å². The van der Waals surface area contributed by atoms with E-state index in [0.29, 0.717) is 23.7 Å². The zero-order valence-electron chi connectivity index (χ0n) is 18.3. The number of carboxylic acids is 1. The lowest BCUT2D eigenvalue weighted by molar-refractivity contribution is -0.139. The van der Waals surface area contributed by atoms with Crippen molar-refractivity contribution in [1.29, 1.82) is 0 Å². The van der Waals surface area contributed by atoms with Gasteiger partial charge in [0.2, 0.25) is 0 Å². The molecule has 9 nitrogen and oxygen atoms in total. The number of carboxylic acid groups (broad SMARTS) is 1. The SMILES string of the molecule is O=C(O)COc1ccc(/C=C2\C(=O)NC(=O)N(c3ccc(OCc4ccccc4)cc3)C2=O)cc1. The molecule has 0 aliphatic carbocycles. The second kappa shape index (κ2) is 10.3. The second-order valence-electron chi connectivity index (χ2n) is 7.48. The van der Waals surface area contributed by atoms with Crippen LogP contribution in [0.4, 0.5) is 10.5 Å². The first-order valence-electron chi connectivity index (χ1n) is 10.5. The van der Waals surface area contributed by atoms with Gasteiger partial charge in [-0.25, -0.2) is 14.5 Å². The van der Waals surface area contributed by atoms with Crippen LogP contribution < -0.4 is 19.7 Å². The van der Waals surface area contributed by atoms with Crippen molar-refractivity contribution in [3.05, 3.63) is 95.6 Å². The molecule has 0 unspecified atom stereocenters. The van der Waals surface area contributed by atoms with Crippen LogP contribution in [0.1, 0.15) is 11.1 Å². The number of carbonyl (C=O) groups is 4. The summed E-state index contributed by atoms with van der Waals surface area (Å²) in [5, 5.41) is 10.8. The highest BCUT2D eigenvalue weighted by Crippen LogP contribution is 2.25. The standard InChI is InChI=1S/C26H20N2O7/c29-23(30)16-35-20-10-6-17(7-11-20)14-22-24(31)27-26(33)28(25(22)32)19-8-12-21(13-9-19)34-15-18-4-2-1-3-5-18/h1-14H,15-16H2,(H,29,30)(H,27,31,33)/b22-14+. The molecule has 1 heterocycles. The van der Waals surface area contributed by atoms with Gasteiger partial charge in [-0.05, 0) is 53.6 Å². The van der Waals surface area contributed by atoms with Gasteiger partial charge in [0.1, 0.15) is 23.7 Å². The summed E-state index contributed by atoms with van der Waals surface area (Å²) in [6, 6.07) is 21.3. The molecule has 35 heavy (non-hydrogen) atoms. The number of amides is 4. The van der Waals surface area contributed by atoms with Gasteiger partial charge in [0.05, 0.1) is 5.69 Å². The first kappa shape index (κ1) is 23.2. The summed E-state index contributed by atoms with van der Waals surface area (Å²) in [6.45, 7) is -0.126. The van der Waals surface area contributed by atoms with Crippen LogP contribution in [0.2, 0.25) is 0 Å². The first-order valence-corrected chi connectivity index (χ1v) is 10.5. The molecule has 0 atom stereocenters. The van der Waals surface area contributed by atoms with E-state index >= 15 is 0 Å². The lowest BCUT2D eigenvalue weighted by Gasteiger charge is -2.26. The molecule has 1 saturated heterocycles. The van der Waals surface area contributed by atoms with Crippen LogP contribution >= 0.6 is 0 Å². The van der Waals surface area contributed by atoms with E-state index in [1.807, 2.05) is 30.3 Å². The Morgan fingerprint density at radius 2 is 1.49 bits per heavy atom. The molecule has 0 radical (unpaired) electrons. The summed E-state index contributed by atoms with van der Waals surface area (Å²) in [4.78, 5) is 49.3. The van der Waals surface area contributed by atoms with Crippen molar-refractivity contribution in [2.24, 2.45) is 0 Å². The number of anilines is 1. The number of hydrogen-bond acceptors (Lipinski definition) is 6. The number of carbonyl (C=O) groups excluding carboxylic acids is 3. The predicted octanol–water partition coefficient (Wildman–Crippen LogP) is 3.40. The number of nitrogens with zero attached hydrogens (tertiary/aromatic N) is 1. The van der Waals surface area contributed by atoms with Crippen molar-refractivity contribution in [2.75, 3.05) is 11.5 Å². The molecule has 4 rings (SSSR count). The Morgan fingerprint density at radius 1 is 0.857 bits per heavy atom. The first-order chi connectivity index (χ1) is 16.9. The maximum atomic E-state index is 13.0. The van der Waals surface area contributed by atoms with E-state index in [2.05, 4.69) is 5.32 Å². The van der Waals surface area contributed by atoms with Crippen LogP contribution in [0, 0.1) is 0 Å². The monoisotopic (exact) mass is 472 g/mol. The van der Waals surface area contributed by atoms with Crippen LogP contribution in [0.3, 0.4) is 0 Å². The number of hydrogen-bond donors (Lipinski definition) is 2. The van der Waals surface area contributed by atoms with Crippen molar-refractivity contribution in [3.8, 4) is 11.5 Å². The summed E-state index contributed by atoms with van der Waals surface area (Å²) < 4.78 is 10.8. The average Bonchev–Trinajstić information content (AvgIpc) is 2.86. The maximum Gasteiger partial charge on any atom is 0.341 e. The van der Waals surface area contributed by atoms with Crippen LogP contribution in [0.15, 0.2) is 84.4 Å². The number of urea groups is 1. The Bertz CT molecular complexity index is 1280. The Kier molecular flexibility index (Phi) is 6.87. The largest absolute Gasteiger partial charge is 0.489 e. The van der Waals surface area contributed by atoms with Crippen LogP contribution in [0.5, 0.6) is 11.5 Å². The van der Waals surface area contributed by atoms with Gasteiger partial charge < -0.3 is 14.6 Å². The topological polar surface area (TPSA) is 122 Å². The fourth-order valence-electron chi connectivity index (χ4n) is 3.30. The van der Waals surface area contributed by atoms with E-state index in [-0.39, 0.29) is 11.3 Å². The molecular formula is C26H20N2O7. The van der Waals surface area contributed by atoms with E-state index in [4.69, 9.17) is 14.6 Å². The van der Waals surface area contributed by atoms with E-state index in [9.17, 15) is 19.2 Å². The Morgan fingerprint density at radius 3 is 2.14 bits per heavy atom. The van der Waals surface area contributed by atoms with E-state index < -0.39 is 30.4 Å². The van der Waals surface area contributed by atoms with Crippen molar-refractivity contribution < 1.29 is 33.8 Å². The van der Waals surface area contributed by atoms with Crippen molar-refractivity contribution in [1.82, 2.24) is 5.32 Å². The summed E-state index contributed by atoms with van der Waals surface area (Å²) in [5.41, 5.74) is 1.53. The zero-order chi connectivity index (χ0) is 24.8. The highest BCUT2D eigenvalue weighted by atomic mass is 16.5. The Labute approximate surface area is 200 Å². The fourth-order valence-corrected chi connectivity index (χ4v) is 3.30. The van der Waals surface area contributed by atoms with Gasteiger partial charge in [0, 0.05) is 0 Å². The van der Waals surface area contributed by atoms with Gasteiger partial charge in [-0.3, -0.25) is 14.9 Å². The lowest BCUT2D eigenvalue weighted by Crippen LogP contribution is -2.54. The van der Waals surface area contributed by atoms with E-state index in [1.165, 1.54) is 18.2 Å². The third-order valence-electron chi connectivity index (χ3n) is 5.00. The average molecular weight is 472 g/mol. The van der Waals surface area contributed by atoms with Gasteiger partial charge in [-0.1, -0.05) is 42.5 Å². The number of barbiturate groups is 1. The smallest absolute Gasteiger partial charge is 0.341 e. The molecule has 176 valence electrons. The quantitative estimate of drug-likeness (QED) is 0.381. The minimum atomic E-state index is -1.11. The Balaban J connectivity index is 1.48. The highest BCUT2D eigenvalue weighted by Gasteiger charge is 2.36. The predicted molar refractivity (Wildman–Crippen MR) is 126 cm³/mol. The summed E-state index contributed by atoms with van der Waals surface area (Å²) >= 11 is 0. The normalized spacial score (nSPS) is 14.6. The molecule has 3 aromatic carbocycles. The minimum Gasteiger partial charge on any atom is -0.489 e. The molecule has 0 aromatic heterocycles. The number of nitrogens with one attached hydrogen (secondary N) is 1. The molecule has 2 N–H and O–H groups in total. The van der Waals surface area contributed by atoms with Crippen molar-refractivity contribution >= 4 is 35.6 Å².